The topological polar surface area (TPSA) is 55.4 Å². The summed E-state index contributed by atoms with van der Waals surface area (Å²) < 4.78 is 33.4. The van der Waals surface area contributed by atoms with Crippen LogP contribution in [0.4, 0.5) is 0 Å². The van der Waals surface area contributed by atoms with Crippen molar-refractivity contribution < 1.29 is 13.2 Å². The van der Waals surface area contributed by atoms with E-state index in [0.717, 1.165) is 37.2 Å². The minimum atomic E-state index is -3.47. The van der Waals surface area contributed by atoms with E-state index in [-0.39, 0.29) is 5.60 Å². The molecule has 22 heavy (non-hydrogen) atoms. The number of ether oxygens (including phenoxy) is 1. The largest absolute Gasteiger partial charge is 0.376 e. The summed E-state index contributed by atoms with van der Waals surface area (Å²) in [6.07, 6.45) is 5.28. The zero-order chi connectivity index (χ0) is 15.6. The zero-order valence-electron chi connectivity index (χ0n) is 12.9. The number of hydrogen-bond acceptors (Lipinski definition) is 4. The zero-order valence-corrected chi connectivity index (χ0v) is 14.6. The Morgan fingerprint density at radius 2 is 2.05 bits per heavy atom. The number of hydrogen-bond donors (Lipinski definition) is 1. The summed E-state index contributed by atoms with van der Waals surface area (Å²) in [7, 11) is -1.80. The van der Waals surface area contributed by atoms with E-state index in [9.17, 15) is 8.42 Å². The number of methoxy groups -OCH3 is 1. The summed E-state index contributed by atoms with van der Waals surface area (Å²) in [5.41, 5.74) is 2.13. The number of fused-ring (bicyclic) bond motifs is 1. The van der Waals surface area contributed by atoms with Crippen molar-refractivity contribution in [2.45, 2.75) is 42.6 Å². The third-order valence-corrected chi connectivity index (χ3v) is 7.34. The van der Waals surface area contributed by atoms with Gasteiger partial charge in [-0.05, 0) is 61.1 Å². The molecule has 1 aliphatic heterocycles. The third kappa shape index (κ3) is 3.35. The third-order valence-electron chi connectivity index (χ3n) is 4.71. The van der Waals surface area contributed by atoms with Gasteiger partial charge in [-0.25, -0.2) is 13.1 Å². The molecule has 0 radical (unpaired) electrons. The molecule has 6 heteroatoms. The number of nitrogens with one attached hydrogen (secondary N) is 1. The molecule has 0 saturated carbocycles. The molecule has 4 nitrogen and oxygen atoms in total. The molecule has 0 unspecified atom stereocenters. The summed E-state index contributed by atoms with van der Waals surface area (Å²) in [6.45, 7) is 0.343. The van der Waals surface area contributed by atoms with Crippen LogP contribution >= 0.6 is 11.8 Å². The van der Waals surface area contributed by atoms with Gasteiger partial charge in [-0.15, -0.1) is 0 Å². The first-order valence-electron chi connectivity index (χ1n) is 7.79. The second-order valence-electron chi connectivity index (χ2n) is 6.15. The van der Waals surface area contributed by atoms with Crippen LogP contribution in [0.1, 0.15) is 30.4 Å². The van der Waals surface area contributed by atoms with Crippen LogP contribution in [-0.4, -0.2) is 39.2 Å². The molecule has 0 bridgehead atoms. The number of benzene rings is 1. The lowest BCUT2D eigenvalue weighted by molar-refractivity contribution is 0.0179. The van der Waals surface area contributed by atoms with Crippen LogP contribution in [0.2, 0.25) is 0 Å². The highest BCUT2D eigenvalue weighted by molar-refractivity contribution is 7.99. The first-order valence-corrected chi connectivity index (χ1v) is 10.4. The SMILES string of the molecule is CO[C@]1(CNS(=O)(=O)c2ccc3c(c2)CCCC3)CCSC1. The van der Waals surface area contributed by atoms with Crippen LogP contribution in [0, 0.1) is 0 Å². The van der Waals surface area contributed by atoms with Crippen molar-refractivity contribution in [3.8, 4) is 0 Å². The fraction of sp³-hybridized carbons (Fsp3) is 0.625. The van der Waals surface area contributed by atoms with Crippen molar-refractivity contribution in [1.29, 1.82) is 0 Å². The fourth-order valence-electron chi connectivity index (χ4n) is 3.15. The minimum Gasteiger partial charge on any atom is -0.376 e. The molecule has 1 aromatic carbocycles. The van der Waals surface area contributed by atoms with Gasteiger partial charge in [0.15, 0.2) is 0 Å². The Kier molecular flexibility index (Phi) is 4.83. The molecule has 1 saturated heterocycles. The number of rotatable bonds is 5. The molecule has 1 heterocycles. The Bertz CT molecular complexity index is 637. The predicted octanol–water partition coefficient (Wildman–Crippen LogP) is 2.37. The monoisotopic (exact) mass is 341 g/mol. The van der Waals surface area contributed by atoms with E-state index in [2.05, 4.69) is 4.72 Å². The van der Waals surface area contributed by atoms with Gasteiger partial charge in [0.1, 0.15) is 0 Å². The fourth-order valence-corrected chi connectivity index (χ4v) is 5.71. The molecule has 1 N–H and O–H groups in total. The summed E-state index contributed by atoms with van der Waals surface area (Å²) in [5, 5.41) is 0. The van der Waals surface area contributed by atoms with Gasteiger partial charge < -0.3 is 4.74 Å². The highest BCUT2D eigenvalue weighted by Crippen LogP contribution is 2.31. The van der Waals surface area contributed by atoms with Gasteiger partial charge >= 0.3 is 0 Å². The molecular formula is C16H23NO3S2. The molecule has 0 aromatic heterocycles. The summed E-state index contributed by atoms with van der Waals surface area (Å²) in [6, 6.07) is 5.55. The molecule has 3 rings (SSSR count). The Hall–Kier alpha value is -0.560. The van der Waals surface area contributed by atoms with E-state index < -0.39 is 10.0 Å². The molecule has 2 aliphatic rings. The van der Waals surface area contributed by atoms with Crippen molar-refractivity contribution >= 4 is 21.8 Å². The first-order chi connectivity index (χ1) is 10.5. The lowest BCUT2D eigenvalue weighted by Gasteiger charge is -2.26. The molecule has 1 aliphatic carbocycles. The van der Waals surface area contributed by atoms with E-state index in [1.807, 2.05) is 23.9 Å². The van der Waals surface area contributed by atoms with Crippen molar-refractivity contribution in [3.63, 3.8) is 0 Å². The number of aryl methyl sites for hydroxylation is 2. The quantitative estimate of drug-likeness (QED) is 0.893. The minimum absolute atomic E-state index is 0.343. The highest BCUT2D eigenvalue weighted by atomic mass is 32.2. The van der Waals surface area contributed by atoms with Gasteiger partial charge in [-0.2, -0.15) is 11.8 Å². The maximum absolute atomic E-state index is 12.6. The summed E-state index contributed by atoms with van der Waals surface area (Å²) in [4.78, 5) is 0.380. The molecule has 122 valence electrons. The van der Waals surface area contributed by atoms with E-state index in [1.54, 1.807) is 13.2 Å². The van der Waals surface area contributed by atoms with Gasteiger partial charge in [0.05, 0.1) is 10.5 Å². The number of sulfonamides is 1. The molecule has 1 fully saturated rings. The Labute approximate surface area is 137 Å². The van der Waals surface area contributed by atoms with Crippen LogP contribution in [0.15, 0.2) is 23.1 Å². The Balaban J connectivity index is 1.75. The first kappa shape index (κ1) is 16.3. The van der Waals surface area contributed by atoms with Crippen molar-refractivity contribution in [3.05, 3.63) is 29.3 Å². The van der Waals surface area contributed by atoms with E-state index in [0.29, 0.717) is 11.4 Å². The van der Waals surface area contributed by atoms with Crippen molar-refractivity contribution in [2.24, 2.45) is 0 Å². The maximum Gasteiger partial charge on any atom is 0.240 e. The molecule has 1 aromatic rings. The van der Waals surface area contributed by atoms with Crippen LogP contribution in [0.5, 0.6) is 0 Å². The smallest absolute Gasteiger partial charge is 0.240 e. The van der Waals surface area contributed by atoms with Gasteiger partial charge in [0.25, 0.3) is 0 Å². The predicted molar refractivity (Wildman–Crippen MR) is 90.0 cm³/mol. The van der Waals surface area contributed by atoms with E-state index in [1.165, 1.54) is 17.5 Å². The molecule has 0 spiro atoms. The standard InChI is InChI=1S/C16H23NO3S2/c1-20-16(8-9-21-12-16)11-17-22(18,19)15-7-6-13-4-2-3-5-14(13)10-15/h6-7,10,17H,2-5,8-9,11-12H2,1H3/t16-/m0/s1. The van der Waals surface area contributed by atoms with Crippen molar-refractivity contribution in [2.75, 3.05) is 25.2 Å². The Morgan fingerprint density at radius 3 is 2.73 bits per heavy atom. The second kappa shape index (κ2) is 6.51. The highest BCUT2D eigenvalue weighted by Gasteiger charge is 2.35. The van der Waals surface area contributed by atoms with Gasteiger partial charge in [-0.3, -0.25) is 0 Å². The van der Waals surface area contributed by atoms with Crippen LogP contribution < -0.4 is 4.72 Å². The van der Waals surface area contributed by atoms with Gasteiger partial charge in [0, 0.05) is 19.4 Å². The normalized spacial score (nSPS) is 25.1. The molecule has 1 atom stereocenters. The van der Waals surface area contributed by atoms with Crippen LogP contribution in [0.3, 0.4) is 0 Å². The number of thioether (sulfide) groups is 1. The lowest BCUT2D eigenvalue weighted by atomic mass is 9.92. The van der Waals surface area contributed by atoms with Gasteiger partial charge in [0.2, 0.25) is 10.0 Å². The Morgan fingerprint density at radius 1 is 1.27 bits per heavy atom. The van der Waals surface area contributed by atoms with Crippen LogP contribution in [0.25, 0.3) is 0 Å². The van der Waals surface area contributed by atoms with Crippen LogP contribution in [-0.2, 0) is 27.6 Å². The van der Waals surface area contributed by atoms with E-state index >= 15 is 0 Å². The molecular weight excluding hydrogens is 318 g/mol. The molecule has 0 amide bonds. The maximum atomic E-state index is 12.6. The second-order valence-corrected chi connectivity index (χ2v) is 9.02. The van der Waals surface area contributed by atoms with Gasteiger partial charge in [-0.1, -0.05) is 6.07 Å². The van der Waals surface area contributed by atoms with Crippen molar-refractivity contribution in [1.82, 2.24) is 4.72 Å². The van der Waals surface area contributed by atoms with E-state index in [4.69, 9.17) is 4.74 Å². The lowest BCUT2D eigenvalue weighted by Crippen LogP contribution is -2.44. The summed E-state index contributed by atoms with van der Waals surface area (Å²) >= 11 is 1.81. The average Bonchev–Trinajstić information content (AvgIpc) is 3.02. The average molecular weight is 341 g/mol. The summed E-state index contributed by atoms with van der Waals surface area (Å²) in [5.74, 6) is 1.87.